The molecule has 1 fully saturated rings. The van der Waals surface area contributed by atoms with Crippen LogP contribution in [0.15, 0.2) is 48.5 Å². The van der Waals surface area contributed by atoms with Crippen LogP contribution in [0.4, 0.5) is 20.6 Å². The van der Waals surface area contributed by atoms with Crippen LogP contribution in [-0.4, -0.2) is 37.0 Å². The molecule has 0 saturated heterocycles. The van der Waals surface area contributed by atoms with E-state index in [0.29, 0.717) is 12.3 Å². The van der Waals surface area contributed by atoms with Crippen molar-refractivity contribution in [3.63, 3.8) is 0 Å². The number of para-hydroxylation sites is 1. The Bertz CT molecular complexity index is 875. The molecule has 0 radical (unpaired) electrons. The maximum atomic E-state index is 14.0. The lowest BCUT2D eigenvalue weighted by atomic mass is 9.80. The Kier molecular flexibility index (Phi) is 8.26. The lowest BCUT2D eigenvalue weighted by Crippen LogP contribution is -2.33. The van der Waals surface area contributed by atoms with Gasteiger partial charge in [0.1, 0.15) is 12.4 Å². The zero-order chi connectivity index (χ0) is 22.2. The summed E-state index contributed by atoms with van der Waals surface area (Å²) in [5.41, 5.74) is 0.797. The van der Waals surface area contributed by atoms with Crippen molar-refractivity contribution in [2.45, 2.75) is 25.7 Å². The van der Waals surface area contributed by atoms with E-state index in [0.717, 1.165) is 25.7 Å². The van der Waals surface area contributed by atoms with Crippen molar-refractivity contribution < 1.29 is 28.6 Å². The highest BCUT2D eigenvalue weighted by Crippen LogP contribution is 2.32. The number of carbonyl (C=O) groups excluding carboxylic acids is 1. The second kappa shape index (κ2) is 11.1. The predicted octanol–water partition coefficient (Wildman–Crippen LogP) is 5.66. The number of ether oxygens (including phenoxy) is 2. The summed E-state index contributed by atoms with van der Waals surface area (Å²) >= 11 is 6.00. The number of carboxylic acid groups (broad SMARTS) is 1. The molecular formula is C23H25ClFNO5. The Morgan fingerprint density at radius 2 is 1.71 bits per heavy atom. The minimum absolute atomic E-state index is 0.0696. The van der Waals surface area contributed by atoms with Crippen molar-refractivity contribution in [1.29, 1.82) is 0 Å². The summed E-state index contributed by atoms with van der Waals surface area (Å²) in [7, 11) is 0. The third-order valence-electron chi connectivity index (χ3n) is 5.35. The van der Waals surface area contributed by atoms with Crippen molar-refractivity contribution in [3.8, 4) is 0 Å². The van der Waals surface area contributed by atoms with Gasteiger partial charge in [0.15, 0.2) is 0 Å². The first kappa shape index (κ1) is 23.0. The van der Waals surface area contributed by atoms with E-state index in [1.54, 1.807) is 24.3 Å². The Morgan fingerprint density at radius 1 is 1.03 bits per heavy atom. The first-order valence-electron chi connectivity index (χ1n) is 10.2. The third-order valence-corrected chi connectivity index (χ3v) is 5.57. The van der Waals surface area contributed by atoms with Crippen molar-refractivity contribution in [3.05, 3.63) is 59.4 Å². The van der Waals surface area contributed by atoms with E-state index in [4.69, 9.17) is 26.2 Å². The molecule has 0 aromatic heterocycles. The van der Waals surface area contributed by atoms with Gasteiger partial charge in [-0.05, 0) is 55.0 Å². The lowest BCUT2D eigenvalue weighted by Gasteiger charge is -2.31. The number of aliphatic carboxylic acids is 1. The number of nitrogens with zero attached hydrogens (tertiary/aromatic N) is 1. The van der Waals surface area contributed by atoms with Crippen molar-refractivity contribution in [2.75, 3.05) is 24.7 Å². The average molecular weight is 450 g/mol. The monoisotopic (exact) mass is 449 g/mol. The highest BCUT2D eigenvalue weighted by molar-refractivity contribution is 6.31. The number of carbonyl (C=O) groups is 2. The quantitative estimate of drug-likeness (QED) is 0.562. The molecule has 1 N–H and O–H groups in total. The number of hydrogen-bond acceptors (Lipinski definition) is 4. The molecule has 1 amide bonds. The summed E-state index contributed by atoms with van der Waals surface area (Å²) in [6.45, 7) is 0.147. The first-order valence-corrected chi connectivity index (χ1v) is 10.6. The van der Waals surface area contributed by atoms with Gasteiger partial charge >= 0.3 is 12.1 Å². The summed E-state index contributed by atoms with van der Waals surface area (Å²) in [6.07, 6.45) is 3.17. The van der Waals surface area contributed by atoms with Gasteiger partial charge in [0.05, 0.1) is 24.6 Å². The molecule has 2 aromatic rings. The minimum atomic E-state index is -1.01. The molecule has 3 rings (SSSR count). The van der Waals surface area contributed by atoms with Gasteiger partial charge in [-0.1, -0.05) is 42.6 Å². The molecule has 31 heavy (non-hydrogen) atoms. The largest absolute Gasteiger partial charge is 0.480 e. The molecule has 2 aromatic carbocycles. The minimum Gasteiger partial charge on any atom is -0.480 e. The maximum absolute atomic E-state index is 14.0. The molecule has 0 aliphatic heterocycles. The molecule has 0 heterocycles. The van der Waals surface area contributed by atoms with E-state index < -0.39 is 17.9 Å². The van der Waals surface area contributed by atoms with Crippen LogP contribution in [0.3, 0.4) is 0 Å². The number of amides is 1. The zero-order valence-corrected chi connectivity index (χ0v) is 17.8. The van der Waals surface area contributed by atoms with Crippen LogP contribution in [0.5, 0.6) is 0 Å². The summed E-state index contributed by atoms with van der Waals surface area (Å²) in [5, 5.41) is 8.94. The van der Waals surface area contributed by atoms with Crippen molar-refractivity contribution >= 4 is 35.0 Å². The topological polar surface area (TPSA) is 76.1 Å². The SMILES string of the molecule is O=C(O)COCC1CCCCC1COC(=O)N(c1ccccc1)c1cc(F)cc(Cl)c1. The highest BCUT2D eigenvalue weighted by atomic mass is 35.5. The number of anilines is 2. The van der Waals surface area contributed by atoms with Gasteiger partial charge in [0, 0.05) is 5.02 Å². The number of benzene rings is 2. The molecule has 2 atom stereocenters. The summed E-state index contributed by atoms with van der Waals surface area (Å²) < 4.78 is 24.9. The molecule has 2 unspecified atom stereocenters. The number of halogens is 2. The average Bonchev–Trinajstić information content (AvgIpc) is 2.73. The molecular weight excluding hydrogens is 425 g/mol. The van der Waals surface area contributed by atoms with Gasteiger partial charge in [-0.15, -0.1) is 0 Å². The summed E-state index contributed by atoms with van der Waals surface area (Å²) in [6, 6.07) is 12.7. The lowest BCUT2D eigenvalue weighted by molar-refractivity contribution is -0.143. The molecule has 6 nitrogen and oxygen atoms in total. The Balaban J connectivity index is 1.72. The fourth-order valence-corrected chi connectivity index (χ4v) is 4.09. The van der Waals surface area contributed by atoms with Gasteiger partial charge in [-0.3, -0.25) is 0 Å². The van der Waals surface area contributed by atoms with Crippen LogP contribution in [-0.2, 0) is 14.3 Å². The molecule has 166 valence electrons. The van der Waals surface area contributed by atoms with Crippen LogP contribution < -0.4 is 4.90 Å². The highest BCUT2D eigenvalue weighted by Gasteiger charge is 2.28. The number of carboxylic acids is 1. The fourth-order valence-electron chi connectivity index (χ4n) is 3.87. The van der Waals surface area contributed by atoms with Crippen LogP contribution >= 0.6 is 11.6 Å². The van der Waals surface area contributed by atoms with Gasteiger partial charge in [-0.2, -0.15) is 0 Å². The van der Waals surface area contributed by atoms with Gasteiger partial charge in [0.25, 0.3) is 0 Å². The van der Waals surface area contributed by atoms with E-state index in [-0.39, 0.29) is 35.8 Å². The predicted molar refractivity (Wildman–Crippen MR) is 115 cm³/mol. The van der Waals surface area contributed by atoms with Gasteiger partial charge in [0.2, 0.25) is 0 Å². The van der Waals surface area contributed by atoms with E-state index in [2.05, 4.69) is 0 Å². The summed E-state index contributed by atoms with van der Waals surface area (Å²) in [4.78, 5) is 25.0. The van der Waals surface area contributed by atoms with Crippen LogP contribution in [0.25, 0.3) is 0 Å². The smallest absolute Gasteiger partial charge is 0.418 e. The molecule has 1 aliphatic carbocycles. The van der Waals surface area contributed by atoms with Crippen molar-refractivity contribution in [2.24, 2.45) is 11.8 Å². The Hall–Kier alpha value is -2.64. The van der Waals surface area contributed by atoms with Crippen LogP contribution in [0, 0.1) is 17.7 Å². The van der Waals surface area contributed by atoms with Crippen LogP contribution in [0.1, 0.15) is 25.7 Å². The third kappa shape index (κ3) is 6.67. The van der Waals surface area contributed by atoms with Gasteiger partial charge < -0.3 is 14.6 Å². The normalized spacial score (nSPS) is 18.4. The Labute approximate surface area is 185 Å². The second-order valence-electron chi connectivity index (χ2n) is 7.59. The second-order valence-corrected chi connectivity index (χ2v) is 8.03. The first-order chi connectivity index (χ1) is 14.9. The zero-order valence-electron chi connectivity index (χ0n) is 17.0. The molecule has 1 saturated carbocycles. The van der Waals surface area contributed by atoms with Crippen LogP contribution in [0.2, 0.25) is 5.02 Å². The van der Waals surface area contributed by atoms with E-state index in [1.807, 2.05) is 6.07 Å². The number of hydrogen-bond donors (Lipinski definition) is 1. The standard InChI is InChI=1S/C23H25ClFNO5/c24-18-10-19(25)12-21(11-18)26(20-8-2-1-3-9-20)23(29)31-14-17-7-5-4-6-16(17)13-30-15-22(27)28/h1-3,8-12,16-17H,4-7,13-15H2,(H,27,28). The molecule has 8 heteroatoms. The van der Waals surface area contributed by atoms with Crippen molar-refractivity contribution in [1.82, 2.24) is 0 Å². The molecule has 1 aliphatic rings. The molecule has 0 bridgehead atoms. The van der Waals surface area contributed by atoms with E-state index in [1.165, 1.54) is 23.1 Å². The molecule has 0 spiro atoms. The van der Waals surface area contributed by atoms with E-state index in [9.17, 15) is 14.0 Å². The summed E-state index contributed by atoms with van der Waals surface area (Å²) in [5.74, 6) is -1.37. The van der Waals surface area contributed by atoms with E-state index >= 15 is 0 Å². The van der Waals surface area contributed by atoms with Gasteiger partial charge in [-0.25, -0.2) is 18.9 Å². The Morgan fingerprint density at radius 3 is 2.35 bits per heavy atom. The maximum Gasteiger partial charge on any atom is 0.418 e. The fraction of sp³-hybridized carbons (Fsp3) is 0.391. The number of rotatable bonds is 8.